The van der Waals surface area contributed by atoms with Crippen LogP contribution >= 0.6 is 11.6 Å². The van der Waals surface area contributed by atoms with Gasteiger partial charge in [0.15, 0.2) is 0 Å². The second-order valence-electron chi connectivity index (χ2n) is 13.8. The Morgan fingerprint density at radius 1 is 1.09 bits per heavy atom. The molecule has 6 rings (SSSR count). The van der Waals surface area contributed by atoms with Crippen molar-refractivity contribution >= 4 is 33.2 Å². The zero-order chi connectivity index (χ0) is 30.5. The summed E-state index contributed by atoms with van der Waals surface area (Å²) < 4.78 is 35.5. The molecule has 0 radical (unpaired) electrons. The van der Waals surface area contributed by atoms with Gasteiger partial charge in [0.05, 0.1) is 23.6 Å². The molecule has 2 aliphatic heterocycles. The van der Waals surface area contributed by atoms with Gasteiger partial charge in [-0.3, -0.25) is 4.79 Å². The van der Waals surface area contributed by atoms with Crippen LogP contribution in [-0.4, -0.2) is 50.5 Å². The van der Waals surface area contributed by atoms with Crippen molar-refractivity contribution in [2.45, 2.75) is 88.9 Å². The van der Waals surface area contributed by atoms with E-state index in [0.717, 1.165) is 75.2 Å². The number of amides is 1. The van der Waals surface area contributed by atoms with E-state index in [2.05, 4.69) is 21.8 Å². The van der Waals surface area contributed by atoms with Crippen LogP contribution in [0.1, 0.15) is 87.2 Å². The first-order chi connectivity index (χ1) is 20.5. The number of hydrogen-bond acceptors (Lipinski definition) is 6. The van der Waals surface area contributed by atoms with Crippen LogP contribution in [0.15, 0.2) is 36.4 Å². The van der Waals surface area contributed by atoms with Crippen LogP contribution in [0.25, 0.3) is 0 Å². The van der Waals surface area contributed by atoms with Gasteiger partial charge in [-0.25, -0.2) is 13.1 Å². The summed E-state index contributed by atoms with van der Waals surface area (Å²) >= 11 is 6.41. The first kappa shape index (κ1) is 30.7. The van der Waals surface area contributed by atoms with E-state index in [9.17, 15) is 18.3 Å². The number of nitrogens with zero attached hydrogens (tertiary/aromatic N) is 1. The molecular formula is C34H45ClN2O5S. The number of carbonyl (C=O) groups excluding carboxylic acids is 1. The van der Waals surface area contributed by atoms with Gasteiger partial charge in [0.1, 0.15) is 5.75 Å². The molecule has 7 nitrogen and oxygen atoms in total. The Morgan fingerprint density at radius 3 is 2.65 bits per heavy atom. The molecule has 0 aromatic heterocycles. The lowest BCUT2D eigenvalue weighted by atomic mass is 9.64. The topological polar surface area (TPSA) is 95.9 Å². The van der Waals surface area contributed by atoms with Crippen molar-refractivity contribution in [1.29, 1.82) is 0 Å². The van der Waals surface area contributed by atoms with E-state index in [1.807, 2.05) is 32.0 Å². The van der Waals surface area contributed by atoms with E-state index < -0.39 is 27.3 Å². The summed E-state index contributed by atoms with van der Waals surface area (Å²) in [5, 5.41) is 10.9. The van der Waals surface area contributed by atoms with Gasteiger partial charge < -0.3 is 14.7 Å². The highest BCUT2D eigenvalue weighted by Crippen LogP contribution is 2.48. The third-order valence-electron chi connectivity index (χ3n) is 11.1. The normalized spacial score (nSPS) is 33.2. The van der Waals surface area contributed by atoms with E-state index in [1.165, 1.54) is 11.1 Å². The molecule has 4 unspecified atom stereocenters. The van der Waals surface area contributed by atoms with E-state index in [1.54, 1.807) is 13.0 Å². The second kappa shape index (κ2) is 11.9. The molecule has 43 heavy (non-hydrogen) atoms. The number of aliphatic hydroxyl groups excluding tert-OH is 1. The molecule has 2 aromatic rings. The van der Waals surface area contributed by atoms with Crippen molar-refractivity contribution in [3.05, 3.63) is 58.1 Å². The van der Waals surface area contributed by atoms with Gasteiger partial charge in [0.25, 0.3) is 5.91 Å². The van der Waals surface area contributed by atoms with Gasteiger partial charge in [-0.1, -0.05) is 31.0 Å². The monoisotopic (exact) mass is 628 g/mol. The zero-order valence-electron chi connectivity index (χ0n) is 25.5. The van der Waals surface area contributed by atoms with Gasteiger partial charge in [-0.05, 0) is 124 Å². The number of carbonyl (C=O) groups is 1. The maximum Gasteiger partial charge on any atom is 0.264 e. The summed E-state index contributed by atoms with van der Waals surface area (Å²) in [7, 11) is -3.88. The van der Waals surface area contributed by atoms with Crippen molar-refractivity contribution in [2.24, 2.45) is 23.7 Å². The van der Waals surface area contributed by atoms with Gasteiger partial charge >= 0.3 is 0 Å². The molecule has 0 saturated heterocycles. The summed E-state index contributed by atoms with van der Waals surface area (Å²) in [6, 6.07) is 11.5. The summed E-state index contributed by atoms with van der Waals surface area (Å²) in [5.74, 6) is 0.968. The smallest absolute Gasteiger partial charge is 0.264 e. The van der Waals surface area contributed by atoms with Crippen LogP contribution in [0.5, 0.6) is 5.75 Å². The Morgan fingerprint density at radius 2 is 1.91 bits per heavy atom. The van der Waals surface area contributed by atoms with E-state index in [0.29, 0.717) is 29.8 Å². The molecule has 7 atom stereocenters. The Labute approximate surface area is 261 Å². The molecule has 2 aromatic carbocycles. The second-order valence-corrected chi connectivity index (χ2v) is 16.3. The SMILES string of the molecule is CC1CCC[C@@H]([C@H](C)O)C2CCC2CN2C[C@@]3(CCCc4cc(Cl)ccc43)COc3ccc(cc32)C(=O)NS(=O)(=O)C1C. The van der Waals surface area contributed by atoms with E-state index in [-0.39, 0.29) is 17.3 Å². The lowest BCUT2D eigenvalue weighted by Crippen LogP contribution is -2.49. The Kier molecular flexibility index (Phi) is 8.50. The molecule has 2 heterocycles. The van der Waals surface area contributed by atoms with Gasteiger partial charge in [-0.2, -0.15) is 0 Å². The van der Waals surface area contributed by atoms with Crippen molar-refractivity contribution in [1.82, 2.24) is 4.72 Å². The van der Waals surface area contributed by atoms with Crippen LogP contribution < -0.4 is 14.4 Å². The van der Waals surface area contributed by atoms with Crippen LogP contribution in [0.2, 0.25) is 5.02 Å². The largest absolute Gasteiger partial charge is 0.490 e. The van der Waals surface area contributed by atoms with Crippen LogP contribution in [0, 0.1) is 23.7 Å². The fraction of sp³-hybridized carbons (Fsp3) is 0.618. The average Bonchev–Trinajstić information content (AvgIpc) is 3.10. The number of fused-ring (bicyclic) bond motifs is 4. The van der Waals surface area contributed by atoms with Crippen molar-refractivity contribution in [3.63, 3.8) is 0 Å². The third kappa shape index (κ3) is 5.91. The Bertz CT molecular complexity index is 1480. The number of hydrogen-bond donors (Lipinski definition) is 2. The minimum atomic E-state index is -3.88. The predicted molar refractivity (Wildman–Crippen MR) is 170 cm³/mol. The third-order valence-corrected chi connectivity index (χ3v) is 13.3. The molecule has 2 aliphatic carbocycles. The molecule has 9 heteroatoms. The molecule has 1 spiro atoms. The number of nitrogens with one attached hydrogen (secondary N) is 1. The lowest BCUT2D eigenvalue weighted by Gasteiger charge is -2.47. The lowest BCUT2D eigenvalue weighted by molar-refractivity contribution is 0.0112. The summed E-state index contributed by atoms with van der Waals surface area (Å²) in [5.41, 5.74) is 3.45. The number of ether oxygens (including phenoxy) is 1. The van der Waals surface area contributed by atoms with E-state index in [4.69, 9.17) is 16.3 Å². The molecule has 2 bridgehead atoms. The summed E-state index contributed by atoms with van der Waals surface area (Å²) in [4.78, 5) is 15.8. The molecule has 1 saturated carbocycles. The Hall–Kier alpha value is -2.29. The quantitative estimate of drug-likeness (QED) is 0.396. The van der Waals surface area contributed by atoms with Crippen LogP contribution in [-0.2, 0) is 21.9 Å². The summed E-state index contributed by atoms with van der Waals surface area (Å²) in [6.07, 6.45) is 7.22. The fourth-order valence-electron chi connectivity index (χ4n) is 8.23. The molecular weight excluding hydrogens is 584 g/mol. The maximum atomic E-state index is 13.4. The van der Waals surface area contributed by atoms with Gasteiger partial charge in [-0.15, -0.1) is 0 Å². The van der Waals surface area contributed by atoms with Gasteiger partial charge in [0, 0.05) is 29.1 Å². The standard InChI is InChI=1S/C34H45ClN2O5S/c1-21-6-4-8-28(22(2)38)29-12-9-26(29)18-37-19-34(15-5-7-24-16-27(35)11-13-30(24)34)20-42-32-14-10-25(17-31(32)37)33(39)36-43(40,41)23(21)3/h10-11,13-14,16-17,21-23,26,28-29,38H,4-9,12,15,18-20H2,1-3H3,(H,36,39)/t21?,22-,23?,26?,28-,29?,34-/m0/s1. The highest BCUT2D eigenvalue weighted by molar-refractivity contribution is 7.90. The highest BCUT2D eigenvalue weighted by Gasteiger charge is 2.45. The predicted octanol–water partition coefficient (Wildman–Crippen LogP) is 6.10. The first-order valence-corrected chi connectivity index (χ1v) is 17.9. The average molecular weight is 629 g/mol. The number of rotatable bonds is 1. The van der Waals surface area contributed by atoms with Crippen molar-refractivity contribution in [3.8, 4) is 5.75 Å². The van der Waals surface area contributed by atoms with Gasteiger partial charge in [0.2, 0.25) is 10.0 Å². The minimum absolute atomic E-state index is 0.120. The van der Waals surface area contributed by atoms with Crippen LogP contribution in [0.3, 0.4) is 0 Å². The van der Waals surface area contributed by atoms with Crippen molar-refractivity contribution < 1.29 is 23.1 Å². The number of aryl methyl sites for hydroxylation is 1. The zero-order valence-corrected chi connectivity index (χ0v) is 27.1. The van der Waals surface area contributed by atoms with Crippen molar-refractivity contribution in [2.75, 3.05) is 24.6 Å². The molecule has 234 valence electrons. The number of benzene rings is 2. The molecule has 1 fully saturated rings. The molecule has 4 aliphatic rings. The number of anilines is 1. The number of sulfonamides is 1. The summed E-state index contributed by atoms with van der Waals surface area (Å²) in [6.45, 7) is 7.57. The number of halogens is 1. The molecule has 2 N–H and O–H groups in total. The van der Waals surface area contributed by atoms with E-state index >= 15 is 0 Å². The Balaban J connectivity index is 1.42. The molecule has 1 amide bonds. The fourth-order valence-corrected chi connectivity index (χ4v) is 9.74. The highest BCUT2D eigenvalue weighted by atomic mass is 35.5. The first-order valence-electron chi connectivity index (χ1n) is 16.0. The maximum absolute atomic E-state index is 13.4. The van der Waals surface area contributed by atoms with Crippen LogP contribution in [0.4, 0.5) is 5.69 Å². The number of aliphatic hydroxyl groups is 1. The minimum Gasteiger partial charge on any atom is -0.490 e.